The quantitative estimate of drug-likeness (QED) is 0.382. The highest BCUT2D eigenvalue weighted by molar-refractivity contribution is 7.95. The molecule has 0 aliphatic heterocycles. The van der Waals surface area contributed by atoms with Crippen LogP contribution >= 0.6 is 0 Å². The molecule has 0 aromatic carbocycles. The minimum atomic E-state index is -4.57. The number of nitrogens with zero attached hydrogens (tertiary/aromatic N) is 3. The number of hydrogen-bond acceptors (Lipinski definition) is 12. The van der Waals surface area contributed by atoms with E-state index in [0.29, 0.717) is 24.7 Å². The third kappa shape index (κ3) is 4.04. The van der Waals surface area contributed by atoms with Gasteiger partial charge < -0.3 is 15.3 Å². The zero-order valence-corrected chi connectivity index (χ0v) is 19.1. The lowest BCUT2D eigenvalue weighted by atomic mass is 10.3. The number of aliphatic hydroxyl groups is 3. The Bertz CT molecular complexity index is 1110. The van der Waals surface area contributed by atoms with Crippen LogP contribution in [0.4, 0.5) is 0 Å². The van der Waals surface area contributed by atoms with Gasteiger partial charge in [-0.25, -0.2) is 40.2 Å². The van der Waals surface area contributed by atoms with Crippen molar-refractivity contribution < 1.29 is 40.6 Å². The van der Waals surface area contributed by atoms with Crippen LogP contribution < -0.4 is 0 Å². The molecule has 30 heavy (non-hydrogen) atoms. The first kappa shape index (κ1) is 26.3. The molecule has 0 saturated carbocycles. The van der Waals surface area contributed by atoms with Crippen LogP contribution in [0.5, 0.6) is 0 Å². The summed E-state index contributed by atoms with van der Waals surface area (Å²) in [5.74, 6) is -3.70. The molecule has 15 heteroatoms. The van der Waals surface area contributed by atoms with E-state index in [2.05, 4.69) is 28.1 Å². The molecular weight excluding hydrogens is 462 g/mol. The highest BCUT2D eigenvalue weighted by atomic mass is 32.2. The van der Waals surface area contributed by atoms with Crippen LogP contribution in [0.25, 0.3) is 0 Å². The van der Waals surface area contributed by atoms with Gasteiger partial charge in [0, 0.05) is 10.8 Å². The van der Waals surface area contributed by atoms with Crippen molar-refractivity contribution in [2.24, 2.45) is 0 Å². The number of aromatic nitrogens is 3. The second kappa shape index (κ2) is 7.72. The van der Waals surface area contributed by atoms with E-state index in [9.17, 15) is 40.6 Å². The van der Waals surface area contributed by atoms with E-state index in [-0.39, 0.29) is 0 Å². The van der Waals surface area contributed by atoms with Crippen LogP contribution in [-0.2, 0) is 44.3 Å². The van der Waals surface area contributed by atoms with Crippen LogP contribution in [0.2, 0.25) is 0 Å². The number of hydrogen-bond donors (Lipinski definition) is 3. The molecule has 0 saturated heterocycles. The fraction of sp³-hybridized carbons (Fsp3) is 0.533. The minimum Gasteiger partial charge on any atom is -0.369 e. The van der Waals surface area contributed by atoms with Gasteiger partial charge >= 0.3 is 0 Å². The largest absolute Gasteiger partial charge is 0.369 e. The summed E-state index contributed by atoms with van der Waals surface area (Å²) in [7, 11) is -13.5. The molecule has 0 radical (unpaired) electrons. The number of sulfone groups is 3. The van der Waals surface area contributed by atoms with Gasteiger partial charge in [-0.2, -0.15) is 0 Å². The van der Waals surface area contributed by atoms with Crippen molar-refractivity contribution in [1.29, 1.82) is 0 Å². The molecule has 0 bridgehead atoms. The molecule has 1 aromatic heterocycles. The Morgan fingerprint density at radius 2 is 1.00 bits per heavy atom. The highest BCUT2D eigenvalue weighted by Gasteiger charge is 2.48. The number of rotatable bonds is 9. The van der Waals surface area contributed by atoms with E-state index >= 15 is 0 Å². The molecule has 0 fully saturated rings. The standard InChI is InChI=1S/C15H23N3O9S3/c1-7-28(22,23)13(4,19)10-16-11(14(5,20)29(24,25)8-2)18-12(17-10)15(6,21)30(26,27)9-3/h7-8,19-21H,1-2,9H2,3-6H3. The van der Waals surface area contributed by atoms with Gasteiger partial charge in [0.05, 0.1) is 5.75 Å². The van der Waals surface area contributed by atoms with Crippen molar-refractivity contribution in [1.82, 2.24) is 15.0 Å². The Morgan fingerprint density at radius 1 is 0.733 bits per heavy atom. The van der Waals surface area contributed by atoms with E-state index in [1.54, 1.807) is 0 Å². The zero-order valence-electron chi connectivity index (χ0n) is 16.6. The fourth-order valence-electron chi connectivity index (χ4n) is 2.00. The summed E-state index contributed by atoms with van der Waals surface area (Å²) in [5, 5.41) is 32.4. The molecule has 3 atom stereocenters. The van der Waals surface area contributed by atoms with Gasteiger partial charge in [-0.05, 0) is 20.8 Å². The zero-order chi connectivity index (χ0) is 24.0. The van der Waals surface area contributed by atoms with Crippen LogP contribution in [0.15, 0.2) is 24.0 Å². The normalized spacial score (nSPS) is 19.2. The van der Waals surface area contributed by atoms with Gasteiger partial charge in [0.25, 0.3) is 0 Å². The predicted molar refractivity (Wildman–Crippen MR) is 106 cm³/mol. The van der Waals surface area contributed by atoms with Crippen LogP contribution in [0.1, 0.15) is 45.2 Å². The van der Waals surface area contributed by atoms with Gasteiger partial charge in [-0.1, -0.05) is 20.1 Å². The second-order valence-corrected chi connectivity index (χ2v) is 13.6. The Morgan fingerprint density at radius 3 is 1.23 bits per heavy atom. The molecule has 0 amide bonds. The molecule has 0 spiro atoms. The molecule has 3 N–H and O–H groups in total. The summed E-state index contributed by atoms with van der Waals surface area (Å²) >= 11 is 0. The van der Waals surface area contributed by atoms with E-state index in [4.69, 9.17) is 0 Å². The van der Waals surface area contributed by atoms with Crippen molar-refractivity contribution >= 4 is 29.5 Å². The summed E-state index contributed by atoms with van der Waals surface area (Å²) in [6, 6.07) is 0. The van der Waals surface area contributed by atoms with E-state index in [1.807, 2.05) is 0 Å². The molecule has 0 aliphatic rings. The van der Waals surface area contributed by atoms with Crippen molar-refractivity contribution in [2.75, 3.05) is 5.75 Å². The highest BCUT2D eigenvalue weighted by Crippen LogP contribution is 2.33. The van der Waals surface area contributed by atoms with Crippen LogP contribution in [-0.4, -0.2) is 61.3 Å². The Balaban J connectivity index is 4.15. The molecule has 1 heterocycles. The van der Waals surface area contributed by atoms with E-state index in [1.165, 1.54) is 6.92 Å². The maximum Gasteiger partial charge on any atom is 0.227 e. The van der Waals surface area contributed by atoms with Gasteiger partial charge in [-0.3, -0.25) is 0 Å². The fourth-order valence-corrected chi connectivity index (χ4v) is 4.27. The minimum absolute atomic E-state index is 0.371. The SMILES string of the molecule is C=CS(=O)(=O)C(C)(O)c1nc(C(C)(O)S(=O)(=O)C=C)nc(C(C)(O)S(=O)(=O)CC)n1. The Labute approximate surface area is 174 Å². The summed E-state index contributed by atoms with van der Waals surface area (Å²) in [5.41, 5.74) is 0. The maximum absolute atomic E-state index is 12.3. The average molecular weight is 486 g/mol. The molecule has 1 aromatic rings. The predicted octanol–water partition coefficient (Wildman–Crippen LogP) is -1.08. The van der Waals surface area contributed by atoms with Crippen molar-refractivity contribution in [2.45, 2.75) is 42.5 Å². The summed E-state index contributed by atoms with van der Waals surface area (Å²) < 4.78 is 73.4. The summed E-state index contributed by atoms with van der Waals surface area (Å²) in [6.07, 6.45) is 0. The third-order valence-corrected chi connectivity index (χ3v) is 10.0. The van der Waals surface area contributed by atoms with Crippen LogP contribution in [0.3, 0.4) is 0 Å². The molecule has 3 unspecified atom stereocenters. The van der Waals surface area contributed by atoms with Gasteiger partial charge in [-0.15, -0.1) is 0 Å². The lowest BCUT2D eigenvalue weighted by Gasteiger charge is -2.27. The topological polar surface area (TPSA) is 202 Å². The van der Waals surface area contributed by atoms with Gasteiger partial charge in [0.1, 0.15) is 0 Å². The summed E-state index contributed by atoms with van der Waals surface area (Å²) in [6.45, 7) is 9.49. The van der Waals surface area contributed by atoms with Crippen molar-refractivity contribution in [3.8, 4) is 0 Å². The van der Waals surface area contributed by atoms with E-state index in [0.717, 1.165) is 6.92 Å². The first-order chi connectivity index (χ1) is 13.2. The average Bonchev–Trinajstić information content (AvgIpc) is 2.66. The molecule has 1 rings (SSSR count). The first-order valence-corrected chi connectivity index (χ1v) is 12.9. The lowest BCUT2D eigenvalue weighted by molar-refractivity contribution is 0.109. The maximum atomic E-state index is 12.3. The van der Waals surface area contributed by atoms with Crippen LogP contribution in [0, 0.1) is 0 Å². The molecule has 12 nitrogen and oxygen atoms in total. The Hall–Kier alpha value is -1.78. The molecule has 170 valence electrons. The van der Waals surface area contributed by atoms with Crippen molar-refractivity contribution in [3.63, 3.8) is 0 Å². The van der Waals surface area contributed by atoms with Gasteiger partial charge in [0.15, 0.2) is 27.3 Å². The lowest BCUT2D eigenvalue weighted by Crippen LogP contribution is -2.42. The molecule has 0 aliphatic carbocycles. The third-order valence-electron chi connectivity index (χ3n) is 4.41. The summed E-state index contributed by atoms with van der Waals surface area (Å²) in [4.78, 5) is 1.94. The first-order valence-electron chi connectivity index (χ1n) is 8.16. The smallest absolute Gasteiger partial charge is 0.227 e. The molecular formula is C15H23N3O9S3. The second-order valence-electron chi connectivity index (χ2n) is 6.58. The Kier molecular flexibility index (Phi) is 6.76. The van der Waals surface area contributed by atoms with E-state index < -0.39 is 67.5 Å². The van der Waals surface area contributed by atoms with Crippen molar-refractivity contribution in [3.05, 3.63) is 41.4 Å². The monoisotopic (exact) mass is 485 g/mol. The van der Waals surface area contributed by atoms with Gasteiger partial charge in [0.2, 0.25) is 34.5 Å².